The summed E-state index contributed by atoms with van der Waals surface area (Å²) in [5, 5.41) is 0. The molecule has 0 aliphatic carbocycles. The Labute approximate surface area is 66.7 Å². The summed E-state index contributed by atoms with van der Waals surface area (Å²) in [7, 11) is 2.88. The second-order valence-electron chi connectivity index (χ2n) is 2.84. The van der Waals surface area contributed by atoms with E-state index in [1.54, 1.807) is 14.0 Å². The molecule has 1 atom stereocenters. The summed E-state index contributed by atoms with van der Waals surface area (Å²) in [6.45, 7) is 2.09. The topological polar surface area (TPSA) is 61.5 Å². The first-order valence-electron chi connectivity index (χ1n) is 3.36. The number of methoxy groups -OCH3 is 2. The summed E-state index contributed by atoms with van der Waals surface area (Å²) in [5.74, 6) is -0.313. The van der Waals surface area contributed by atoms with Gasteiger partial charge in [0.1, 0.15) is 0 Å². The zero-order valence-electron chi connectivity index (χ0n) is 7.22. The minimum Gasteiger partial charge on any atom is -0.469 e. The number of carbonyl (C=O) groups excluding carboxylic acids is 1. The third kappa shape index (κ3) is 4.75. The average molecular weight is 161 g/mol. The maximum absolute atomic E-state index is 10.7. The molecule has 4 nitrogen and oxygen atoms in total. The number of nitrogens with two attached hydrogens (primary N) is 1. The highest BCUT2D eigenvalue weighted by molar-refractivity contribution is 5.70. The molecule has 0 heterocycles. The highest BCUT2D eigenvalue weighted by Crippen LogP contribution is 2.06. The van der Waals surface area contributed by atoms with Crippen molar-refractivity contribution in [3.05, 3.63) is 0 Å². The van der Waals surface area contributed by atoms with Crippen LogP contribution in [-0.2, 0) is 14.3 Å². The van der Waals surface area contributed by atoms with Crippen molar-refractivity contribution in [1.29, 1.82) is 0 Å². The summed E-state index contributed by atoms with van der Waals surface area (Å²) in [5.41, 5.74) is 5.05. The lowest BCUT2D eigenvalue weighted by Crippen LogP contribution is -2.43. The van der Waals surface area contributed by atoms with E-state index < -0.39 is 5.54 Å². The van der Waals surface area contributed by atoms with Crippen LogP contribution in [0.5, 0.6) is 0 Å². The Kier molecular flexibility index (Phi) is 4.07. The van der Waals surface area contributed by atoms with Crippen molar-refractivity contribution >= 4 is 5.97 Å². The average Bonchev–Trinajstić information content (AvgIpc) is 1.86. The standard InChI is InChI=1S/C7H15NO3/c1-7(8,5-10-2)4-6(9)11-3/h4-5,8H2,1-3H3. The van der Waals surface area contributed by atoms with Gasteiger partial charge in [0.25, 0.3) is 0 Å². The van der Waals surface area contributed by atoms with Crippen LogP contribution in [-0.4, -0.2) is 32.3 Å². The zero-order chi connectivity index (χ0) is 8.91. The van der Waals surface area contributed by atoms with Crippen LogP contribution in [0.2, 0.25) is 0 Å². The van der Waals surface area contributed by atoms with Gasteiger partial charge in [-0.3, -0.25) is 4.79 Å². The minimum absolute atomic E-state index is 0.178. The molecule has 0 radical (unpaired) electrons. The van der Waals surface area contributed by atoms with Gasteiger partial charge in [-0.2, -0.15) is 0 Å². The first-order valence-corrected chi connectivity index (χ1v) is 3.36. The summed E-state index contributed by atoms with van der Waals surface area (Å²) >= 11 is 0. The number of rotatable bonds is 4. The predicted molar refractivity (Wildman–Crippen MR) is 41.1 cm³/mol. The Bertz CT molecular complexity index is 134. The van der Waals surface area contributed by atoms with Crippen molar-refractivity contribution in [2.75, 3.05) is 20.8 Å². The summed E-state index contributed by atoms with van der Waals surface area (Å²) in [6.07, 6.45) is 0.178. The molecule has 0 aromatic carbocycles. The molecule has 0 saturated heterocycles. The maximum atomic E-state index is 10.7. The monoisotopic (exact) mass is 161 g/mol. The van der Waals surface area contributed by atoms with E-state index in [1.165, 1.54) is 7.11 Å². The van der Waals surface area contributed by atoms with Gasteiger partial charge in [0, 0.05) is 12.6 Å². The van der Waals surface area contributed by atoms with Crippen molar-refractivity contribution < 1.29 is 14.3 Å². The Morgan fingerprint density at radius 1 is 1.55 bits per heavy atom. The maximum Gasteiger partial charge on any atom is 0.307 e. The van der Waals surface area contributed by atoms with Gasteiger partial charge in [-0.05, 0) is 6.92 Å². The molecule has 0 aromatic heterocycles. The van der Waals surface area contributed by atoms with E-state index in [2.05, 4.69) is 4.74 Å². The third-order valence-corrected chi connectivity index (χ3v) is 1.25. The lowest BCUT2D eigenvalue weighted by Gasteiger charge is -2.21. The Morgan fingerprint density at radius 3 is 2.45 bits per heavy atom. The van der Waals surface area contributed by atoms with Gasteiger partial charge >= 0.3 is 5.97 Å². The molecule has 0 fully saturated rings. The summed E-state index contributed by atoms with van der Waals surface area (Å²) in [6, 6.07) is 0. The fraction of sp³-hybridized carbons (Fsp3) is 0.857. The number of esters is 1. The molecule has 0 bridgehead atoms. The number of ether oxygens (including phenoxy) is 2. The smallest absolute Gasteiger partial charge is 0.307 e. The minimum atomic E-state index is -0.623. The van der Waals surface area contributed by atoms with Crippen LogP contribution >= 0.6 is 0 Å². The van der Waals surface area contributed by atoms with Crippen LogP contribution in [0.3, 0.4) is 0 Å². The molecule has 4 heteroatoms. The first-order chi connectivity index (χ1) is 5.02. The van der Waals surface area contributed by atoms with Crippen LogP contribution < -0.4 is 5.73 Å². The number of hydrogen-bond donors (Lipinski definition) is 1. The van der Waals surface area contributed by atoms with Gasteiger partial charge in [-0.1, -0.05) is 0 Å². The lowest BCUT2D eigenvalue weighted by atomic mass is 10.0. The molecule has 0 rings (SSSR count). The SMILES string of the molecule is COCC(C)(N)CC(=O)OC. The van der Waals surface area contributed by atoms with Crippen molar-refractivity contribution in [2.45, 2.75) is 18.9 Å². The second kappa shape index (κ2) is 4.31. The van der Waals surface area contributed by atoms with Crippen molar-refractivity contribution in [3.8, 4) is 0 Å². The Hall–Kier alpha value is -0.610. The molecule has 11 heavy (non-hydrogen) atoms. The molecule has 2 N–H and O–H groups in total. The van der Waals surface area contributed by atoms with Gasteiger partial charge in [0.2, 0.25) is 0 Å². The largest absolute Gasteiger partial charge is 0.469 e. The van der Waals surface area contributed by atoms with Crippen LogP contribution in [0.4, 0.5) is 0 Å². The zero-order valence-corrected chi connectivity index (χ0v) is 7.22. The lowest BCUT2D eigenvalue weighted by molar-refractivity contribution is -0.142. The highest BCUT2D eigenvalue weighted by Gasteiger charge is 2.22. The van der Waals surface area contributed by atoms with Crippen molar-refractivity contribution in [1.82, 2.24) is 0 Å². The van der Waals surface area contributed by atoms with Gasteiger partial charge in [0.05, 0.1) is 20.1 Å². The second-order valence-corrected chi connectivity index (χ2v) is 2.84. The van der Waals surface area contributed by atoms with E-state index >= 15 is 0 Å². The predicted octanol–water partition coefficient (Wildman–Crippen LogP) is -0.0867. The van der Waals surface area contributed by atoms with Crippen LogP contribution in [0.15, 0.2) is 0 Å². The summed E-state index contributed by atoms with van der Waals surface area (Å²) in [4.78, 5) is 10.7. The van der Waals surface area contributed by atoms with Crippen molar-refractivity contribution in [2.24, 2.45) is 5.73 Å². The highest BCUT2D eigenvalue weighted by atomic mass is 16.5. The van der Waals surface area contributed by atoms with Crippen LogP contribution in [0.25, 0.3) is 0 Å². The molecule has 0 aliphatic rings. The number of hydrogen-bond acceptors (Lipinski definition) is 4. The van der Waals surface area contributed by atoms with Crippen LogP contribution in [0, 0.1) is 0 Å². The normalized spacial score (nSPS) is 15.6. The van der Waals surface area contributed by atoms with Crippen molar-refractivity contribution in [3.63, 3.8) is 0 Å². The van der Waals surface area contributed by atoms with E-state index in [-0.39, 0.29) is 12.4 Å². The molecule has 1 unspecified atom stereocenters. The van der Waals surface area contributed by atoms with Gasteiger partial charge in [0.15, 0.2) is 0 Å². The molecular formula is C7H15NO3. The first kappa shape index (κ1) is 10.4. The van der Waals surface area contributed by atoms with Crippen LogP contribution in [0.1, 0.15) is 13.3 Å². The quantitative estimate of drug-likeness (QED) is 0.585. The fourth-order valence-electron chi connectivity index (χ4n) is 0.783. The van der Waals surface area contributed by atoms with Gasteiger partial charge in [-0.25, -0.2) is 0 Å². The molecule has 0 spiro atoms. The third-order valence-electron chi connectivity index (χ3n) is 1.25. The van der Waals surface area contributed by atoms with E-state index in [1.807, 2.05) is 0 Å². The van der Waals surface area contributed by atoms with Gasteiger partial charge in [-0.15, -0.1) is 0 Å². The van der Waals surface area contributed by atoms with E-state index in [9.17, 15) is 4.79 Å². The number of carbonyl (C=O) groups is 1. The van der Waals surface area contributed by atoms with E-state index in [0.717, 1.165) is 0 Å². The van der Waals surface area contributed by atoms with E-state index in [4.69, 9.17) is 10.5 Å². The van der Waals surface area contributed by atoms with Gasteiger partial charge < -0.3 is 15.2 Å². The molecule has 0 amide bonds. The summed E-state index contributed by atoms with van der Waals surface area (Å²) < 4.78 is 9.28. The molecule has 66 valence electrons. The molecule has 0 saturated carbocycles. The Balaban J connectivity index is 3.80. The molecule has 0 aliphatic heterocycles. The van der Waals surface area contributed by atoms with E-state index in [0.29, 0.717) is 6.61 Å². The molecular weight excluding hydrogens is 146 g/mol. The fourth-order valence-corrected chi connectivity index (χ4v) is 0.783. The molecule has 0 aromatic rings. The Morgan fingerprint density at radius 2 is 2.09 bits per heavy atom.